The van der Waals surface area contributed by atoms with Crippen molar-refractivity contribution in [3.8, 4) is 0 Å². The summed E-state index contributed by atoms with van der Waals surface area (Å²) in [7, 11) is -1.92. The number of methoxy groups -OCH3 is 1. The molecule has 2 N–H and O–H groups in total. The van der Waals surface area contributed by atoms with E-state index in [1.807, 2.05) is 0 Å². The molecule has 0 unspecified atom stereocenters. The maximum Gasteiger partial charge on any atom is 0.240 e. The van der Waals surface area contributed by atoms with Crippen LogP contribution in [0.2, 0.25) is 0 Å². The van der Waals surface area contributed by atoms with Crippen molar-refractivity contribution in [3.63, 3.8) is 0 Å². The molecule has 4 aliphatic carbocycles. The Kier molecular flexibility index (Phi) is 5.51. The van der Waals surface area contributed by atoms with Crippen LogP contribution in [-0.4, -0.2) is 33.6 Å². The van der Waals surface area contributed by atoms with Crippen LogP contribution in [0.25, 0.3) is 0 Å². The summed E-state index contributed by atoms with van der Waals surface area (Å²) in [4.78, 5) is 11.8. The van der Waals surface area contributed by atoms with Gasteiger partial charge in [0.25, 0.3) is 0 Å². The summed E-state index contributed by atoms with van der Waals surface area (Å²) in [5, 5.41) is 2.77. The van der Waals surface area contributed by atoms with Gasteiger partial charge in [-0.3, -0.25) is 4.79 Å². The summed E-state index contributed by atoms with van der Waals surface area (Å²) in [6, 6.07) is 4.92. The van der Waals surface area contributed by atoms with Gasteiger partial charge < -0.3 is 10.1 Å². The molecule has 0 atom stereocenters. The minimum atomic E-state index is -3.67. The Morgan fingerprint density at radius 1 is 1.14 bits per heavy atom. The third-order valence-electron chi connectivity index (χ3n) is 7.51. The van der Waals surface area contributed by atoms with Crippen molar-refractivity contribution in [2.24, 2.45) is 23.7 Å². The average molecular weight is 421 g/mol. The van der Waals surface area contributed by atoms with E-state index in [2.05, 4.69) is 10.0 Å². The number of aryl methyl sites for hydroxylation is 1. The number of nitrogens with one attached hydrogen (secondary N) is 2. The van der Waals surface area contributed by atoms with Crippen molar-refractivity contribution in [1.82, 2.24) is 4.72 Å². The van der Waals surface area contributed by atoms with Gasteiger partial charge in [0.15, 0.2) is 0 Å². The van der Waals surface area contributed by atoms with Gasteiger partial charge in [-0.25, -0.2) is 13.1 Å². The van der Waals surface area contributed by atoms with Gasteiger partial charge in [-0.15, -0.1) is 0 Å². The highest BCUT2D eigenvalue weighted by Crippen LogP contribution is 2.59. The maximum atomic E-state index is 13.1. The van der Waals surface area contributed by atoms with E-state index in [4.69, 9.17) is 4.74 Å². The molecule has 0 radical (unpaired) electrons. The molecule has 1 aromatic rings. The first-order valence-corrected chi connectivity index (χ1v) is 12.2. The lowest BCUT2D eigenvalue weighted by molar-refractivity contribution is -0.185. The number of rotatable bonds is 7. The van der Waals surface area contributed by atoms with Gasteiger partial charge in [0.2, 0.25) is 15.9 Å². The summed E-state index contributed by atoms with van der Waals surface area (Å²) < 4.78 is 35.1. The summed E-state index contributed by atoms with van der Waals surface area (Å²) >= 11 is 0. The highest BCUT2D eigenvalue weighted by atomic mass is 32.2. The fourth-order valence-electron chi connectivity index (χ4n) is 6.24. The molecule has 160 valence electrons. The van der Waals surface area contributed by atoms with Gasteiger partial charge >= 0.3 is 0 Å². The molecule has 6 nitrogen and oxygen atoms in total. The fraction of sp³-hybridized carbons (Fsp3) is 0.682. The van der Waals surface area contributed by atoms with Crippen LogP contribution in [0.1, 0.15) is 51.0 Å². The highest BCUT2D eigenvalue weighted by Gasteiger charge is 2.57. The second-order valence-corrected chi connectivity index (χ2v) is 10.9. The Hall–Kier alpha value is -1.44. The molecular formula is C22H32N2O4S. The molecule has 7 heteroatoms. The normalized spacial score (nSPS) is 33.1. The molecule has 4 aliphatic rings. The SMILES string of the molecule is CCC(=O)Nc1ccc(S(=O)(=O)NCC2(OC)C3CC4CC(C3)CC2C4)c(C)c1. The molecule has 4 fully saturated rings. The Morgan fingerprint density at radius 2 is 1.76 bits per heavy atom. The van der Waals surface area contributed by atoms with E-state index in [0.717, 1.165) is 37.5 Å². The number of hydrogen-bond acceptors (Lipinski definition) is 4. The lowest BCUT2D eigenvalue weighted by Crippen LogP contribution is -2.63. The van der Waals surface area contributed by atoms with Crippen LogP contribution in [-0.2, 0) is 19.6 Å². The zero-order chi connectivity index (χ0) is 20.8. The Balaban J connectivity index is 1.51. The lowest BCUT2D eigenvalue weighted by Gasteiger charge is -2.60. The average Bonchev–Trinajstić information content (AvgIpc) is 2.67. The minimum absolute atomic E-state index is 0.0953. The minimum Gasteiger partial charge on any atom is -0.376 e. The van der Waals surface area contributed by atoms with Gasteiger partial charge in [-0.05, 0) is 86.5 Å². The summed E-state index contributed by atoms with van der Waals surface area (Å²) in [6.45, 7) is 3.86. The van der Waals surface area contributed by atoms with Crippen LogP contribution >= 0.6 is 0 Å². The first-order chi connectivity index (χ1) is 13.8. The Labute approximate surface area is 173 Å². The predicted octanol–water partition coefficient (Wildman–Crippen LogP) is 3.46. The van der Waals surface area contributed by atoms with Crippen LogP contribution in [0.3, 0.4) is 0 Å². The van der Waals surface area contributed by atoms with E-state index in [1.165, 1.54) is 6.42 Å². The number of carbonyl (C=O) groups is 1. The largest absolute Gasteiger partial charge is 0.376 e. The summed E-state index contributed by atoms with van der Waals surface area (Å²) in [6.07, 6.45) is 6.37. The molecule has 0 aliphatic heterocycles. The van der Waals surface area contributed by atoms with E-state index in [-0.39, 0.29) is 16.4 Å². The predicted molar refractivity (Wildman–Crippen MR) is 112 cm³/mol. The van der Waals surface area contributed by atoms with Crippen LogP contribution in [0.5, 0.6) is 0 Å². The molecule has 1 amide bonds. The number of anilines is 1. The number of amides is 1. The van der Waals surface area contributed by atoms with Crippen molar-refractivity contribution >= 4 is 21.6 Å². The van der Waals surface area contributed by atoms with Crippen LogP contribution in [0.15, 0.2) is 23.1 Å². The van der Waals surface area contributed by atoms with Gasteiger partial charge in [-0.2, -0.15) is 0 Å². The molecule has 0 spiro atoms. The second-order valence-electron chi connectivity index (χ2n) is 9.17. The summed E-state index contributed by atoms with van der Waals surface area (Å²) in [5.41, 5.74) is 0.842. The van der Waals surface area contributed by atoms with E-state index in [0.29, 0.717) is 36.1 Å². The summed E-state index contributed by atoms with van der Waals surface area (Å²) in [5.74, 6) is 2.39. The van der Waals surface area contributed by atoms with E-state index < -0.39 is 10.0 Å². The van der Waals surface area contributed by atoms with E-state index in [9.17, 15) is 13.2 Å². The highest BCUT2D eigenvalue weighted by molar-refractivity contribution is 7.89. The molecular weight excluding hydrogens is 388 g/mol. The lowest BCUT2D eigenvalue weighted by atomic mass is 9.50. The van der Waals surface area contributed by atoms with Gasteiger partial charge in [0.1, 0.15) is 0 Å². The van der Waals surface area contributed by atoms with Crippen molar-refractivity contribution in [2.75, 3.05) is 19.0 Å². The van der Waals surface area contributed by atoms with Crippen molar-refractivity contribution in [3.05, 3.63) is 23.8 Å². The molecule has 29 heavy (non-hydrogen) atoms. The molecule has 5 rings (SSSR count). The molecule has 4 saturated carbocycles. The smallest absolute Gasteiger partial charge is 0.240 e. The van der Waals surface area contributed by atoms with Crippen LogP contribution < -0.4 is 10.0 Å². The fourth-order valence-corrected chi connectivity index (χ4v) is 7.54. The van der Waals surface area contributed by atoms with Crippen molar-refractivity contribution < 1.29 is 17.9 Å². The van der Waals surface area contributed by atoms with Crippen LogP contribution in [0.4, 0.5) is 5.69 Å². The zero-order valence-electron chi connectivity index (χ0n) is 17.5. The quantitative estimate of drug-likeness (QED) is 0.707. The molecule has 0 saturated heterocycles. The van der Waals surface area contributed by atoms with Gasteiger partial charge in [0, 0.05) is 25.8 Å². The number of carbonyl (C=O) groups excluding carboxylic acids is 1. The second kappa shape index (κ2) is 7.67. The number of sulfonamides is 1. The molecule has 1 aromatic carbocycles. The van der Waals surface area contributed by atoms with Crippen LogP contribution in [0, 0.1) is 30.6 Å². The maximum absolute atomic E-state index is 13.1. The first kappa shape index (κ1) is 20.8. The van der Waals surface area contributed by atoms with E-state index >= 15 is 0 Å². The monoisotopic (exact) mass is 420 g/mol. The molecule has 0 aromatic heterocycles. The van der Waals surface area contributed by atoms with Crippen molar-refractivity contribution in [2.45, 2.75) is 62.9 Å². The Bertz CT molecular complexity index is 868. The van der Waals surface area contributed by atoms with E-state index in [1.54, 1.807) is 39.2 Å². The number of benzene rings is 1. The first-order valence-electron chi connectivity index (χ1n) is 10.7. The Morgan fingerprint density at radius 3 is 2.28 bits per heavy atom. The topological polar surface area (TPSA) is 84.5 Å². The third-order valence-corrected chi connectivity index (χ3v) is 9.07. The standard InChI is InChI=1S/C22H32N2O4S/c1-4-21(25)24-19-5-6-20(14(2)7-19)29(26,27)23-13-22(28-3)17-9-15-8-16(11-17)12-18(22)10-15/h5-7,15-18,23H,4,8-13H2,1-3H3,(H,24,25). The molecule has 4 bridgehead atoms. The zero-order valence-corrected chi connectivity index (χ0v) is 18.3. The van der Waals surface area contributed by atoms with Crippen molar-refractivity contribution in [1.29, 1.82) is 0 Å². The molecule has 0 heterocycles. The third kappa shape index (κ3) is 3.73. The van der Waals surface area contributed by atoms with Gasteiger partial charge in [0.05, 0.1) is 10.5 Å². The number of ether oxygens (including phenoxy) is 1. The van der Waals surface area contributed by atoms with Gasteiger partial charge in [-0.1, -0.05) is 6.92 Å². The number of hydrogen-bond donors (Lipinski definition) is 2.